The molecule has 2 heterocycles. The SMILES string of the molecule is C=CC1CC(=O)N(CCC2CCCN(C(=O)OC(C)(C)C)C2)C1. The van der Waals surface area contributed by atoms with E-state index in [2.05, 4.69) is 6.58 Å². The van der Waals surface area contributed by atoms with Crippen molar-refractivity contribution in [2.75, 3.05) is 26.2 Å². The van der Waals surface area contributed by atoms with Crippen molar-refractivity contribution in [3.8, 4) is 0 Å². The average Bonchev–Trinajstić information content (AvgIpc) is 2.84. The van der Waals surface area contributed by atoms with Crippen LogP contribution < -0.4 is 0 Å². The molecule has 2 atom stereocenters. The molecule has 2 rings (SSSR count). The minimum atomic E-state index is -0.453. The molecule has 23 heavy (non-hydrogen) atoms. The summed E-state index contributed by atoms with van der Waals surface area (Å²) in [6.07, 6.45) is 5.33. The van der Waals surface area contributed by atoms with Gasteiger partial charge in [-0.3, -0.25) is 4.79 Å². The van der Waals surface area contributed by atoms with Gasteiger partial charge in [0.15, 0.2) is 0 Å². The predicted molar refractivity (Wildman–Crippen MR) is 90.0 cm³/mol. The third-order valence-corrected chi connectivity index (χ3v) is 4.56. The smallest absolute Gasteiger partial charge is 0.410 e. The summed E-state index contributed by atoms with van der Waals surface area (Å²) in [5.74, 6) is 0.980. The molecule has 2 saturated heterocycles. The standard InChI is InChI=1S/C18H30N2O3/c1-5-14-11-16(21)19(12-14)10-8-15-7-6-9-20(13-15)17(22)23-18(2,3)4/h5,14-15H,1,6-13H2,2-4H3. The minimum absolute atomic E-state index is 0.217. The molecule has 130 valence electrons. The highest BCUT2D eigenvalue weighted by Gasteiger charge is 2.30. The number of rotatable bonds is 4. The Kier molecular flexibility index (Phi) is 5.71. The number of hydrogen-bond donors (Lipinski definition) is 0. The lowest BCUT2D eigenvalue weighted by Crippen LogP contribution is -2.43. The van der Waals surface area contributed by atoms with E-state index in [4.69, 9.17) is 4.74 Å². The molecule has 2 aliphatic heterocycles. The van der Waals surface area contributed by atoms with Crippen LogP contribution in [0.2, 0.25) is 0 Å². The van der Waals surface area contributed by atoms with Gasteiger partial charge >= 0.3 is 6.09 Å². The minimum Gasteiger partial charge on any atom is -0.444 e. The van der Waals surface area contributed by atoms with Gasteiger partial charge in [-0.25, -0.2) is 4.79 Å². The van der Waals surface area contributed by atoms with E-state index >= 15 is 0 Å². The second-order valence-corrected chi connectivity index (χ2v) is 7.76. The molecule has 0 spiro atoms. The van der Waals surface area contributed by atoms with Gasteiger partial charge in [0.25, 0.3) is 0 Å². The first-order valence-electron chi connectivity index (χ1n) is 8.66. The lowest BCUT2D eigenvalue weighted by atomic mass is 9.95. The number of ether oxygens (including phenoxy) is 1. The van der Waals surface area contributed by atoms with Gasteiger partial charge in [-0.05, 0) is 46.0 Å². The zero-order valence-corrected chi connectivity index (χ0v) is 14.7. The topological polar surface area (TPSA) is 49.9 Å². The Morgan fingerprint density at radius 1 is 1.39 bits per heavy atom. The summed E-state index contributed by atoms with van der Waals surface area (Å²) in [6.45, 7) is 12.5. The Labute approximate surface area is 139 Å². The van der Waals surface area contributed by atoms with Gasteiger partial charge in [0, 0.05) is 38.5 Å². The van der Waals surface area contributed by atoms with Crippen LogP contribution in [0.25, 0.3) is 0 Å². The van der Waals surface area contributed by atoms with Gasteiger partial charge in [-0.15, -0.1) is 6.58 Å². The highest BCUT2D eigenvalue weighted by atomic mass is 16.6. The summed E-state index contributed by atoms with van der Waals surface area (Å²) in [5.41, 5.74) is -0.453. The Hall–Kier alpha value is -1.52. The van der Waals surface area contributed by atoms with Crippen LogP contribution in [0.4, 0.5) is 4.79 Å². The summed E-state index contributed by atoms with van der Waals surface area (Å²) < 4.78 is 5.46. The van der Waals surface area contributed by atoms with Crippen LogP contribution in [-0.4, -0.2) is 53.6 Å². The molecule has 2 amide bonds. The predicted octanol–water partition coefficient (Wildman–Crippen LogP) is 3.06. The molecule has 0 radical (unpaired) electrons. The number of carbonyl (C=O) groups excluding carboxylic acids is 2. The molecule has 0 aromatic carbocycles. The van der Waals surface area contributed by atoms with Crippen LogP contribution in [0, 0.1) is 11.8 Å². The quantitative estimate of drug-likeness (QED) is 0.748. The average molecular weight is 322 g/mol. The maximum absolute atomic E-state index is 12.2. The number of carbonyl (C=O) groups is 2. The summed E-state index contributed by atoms with van der Waals surface area (Å²) in [4.78, 5) is 27.9. The fourth-order valence-electron chi connectivity index (χ4n) is 3.31. The lowest BCUT2D eigenvalue weighted by molar-refractivity contribution is -0.127. The zero-order chi connectivity index (χ0) is 17.0. The molecule has 5 heteroatoms. The van der Waals surface area contributed by atoms with E-state index in [1.54, 1.807) is 0 Å². The van der Waals surface area contributed by atoms with Crippen LogP contribution in [0.5, 0.6) is 0 Å². The lowest BCUT2D eigenvalue weighted by Gasteiger charge is -2.34. The normalized spacial score (nSPS) is 25.6. The van der Waals surface area contributed by atoms with Gasteiger partial charge < -0.3 is 14.5 Å². The van der Waals surface area contributed by atoms with Crippen LogP contribution in [0.15, 0.2) is 12.7 Å². The van der Waals surface area contributed by atoms with E-state index in [1.807, 2.05) is 36.6 Å². The molecule has 0 saturated carbocycles. The number of hydrogen-bond acceptors (Lipinski definition) is 3. The fraction of sp³-hybridized carbons (Fsp3) is 0.778. The van der Waals surface area contributed by atoms with Gasteiger partial charge in [-0.1, -0.05) is 6.08 Å². The molecule has 2 aliphatic rings. The van der Waals surface area contributed by atoms with Gasteiger partial charge in [0.1, 0.15) is 5.60 Å². The molecule has 0 N–H and O–H groups in total. The number of piperidine rings is 1. The van der Waals surface area contributed by atoms with E-state index in [-0.39, 0.29) is 12.0 Å². The van der Waals surface area contributed by atoms with E-state index in [1.165, 1.54) is 0 Å². The third-order valence-electron chi connectivity index (χ3n) is 4.56. The molecular weight excluding hydrogens is 292 g/mol. The monoisotopic (exact) mass is 322 g/mol. The molecule has 5 nitrogen and oxygen atoms in total. The van der Waals surface area contributed by atoms with Crippen molar-refractivity contribution in [2.45, 2.75) is 52.1 Å². The summed E-state index contributed by atoms with van der Waals surface area (Å²) >= 11 is 0. The Morgan fingerprint density at radius 2 is 2.13 bits per heavy atom. The van der Waals surface area contributed by atoms with Gasteiger partial charge in [0.2, 0.25) is 5.91 Å². The Morgan fingerprint density at radius 3 is 2.74 bits per heavy atom. The van der Waals surface area contributed by atoms with Crippen LogP contribution in [0.1, 0.15) is 46.5 Å². The molecule has 0 aromatic rings. The summed E-state index contributed by atoms with van der Waals surface area (Å²) in [6, 6.07) is 0. The van der Waals surface area contributed by atoms with Crippen molar-refractivity contribution in [2.24, 2.45) is 11.8 Å². The first-order chi connectivity index (χ1) is 10.8. The number of nitrogens with zero attached hydrogens (tertiary/aromatic N) is 2. The van der Waals surface area contributed by atoms with Crippen molar-refractivity contribution in [1.29, 1.82) is 0 Å². The Bertz CT molecular complexity index is 456. The van der Waals surface area contributed by atoms with E-state index < -0.39 is 5.60 Å². The van der Waals surface area contributed by atoms with E-state index in [0.717, 1.165) is 45.4 Å². The van der Waals surface area contributed by atoms with Crippen molar-refractivity contribution < 1.29 is 14.3 Å². The maximum atomic E-state index is 12.2. The van der Waals surface area contributed by atoms with Gasteiger partial charge in [0.05, 0.1) is 0 Å². The summed E-state index contributed by atoms with van der Waals surface area (Å²) in [7, 11) is 0. The number of likely N-dealkylation sites (tertiary alicyclic amines) is 2. The van der Waals surface area contributed by atoms with Crippen LogP contribution >= 0.6 is 0 Å². The molecule has 0 aromatic heterocycles. The zero-order valence-electron chi connectivity index (χ0n) is 14.7. The molecule has 2 fully saturated rings. The van der Waals surface area contributed by atoms with E-state index in [0.29, 0.717) is 18.3 Å². The largest absolute Gasteiger partial charge is 0.444 e. The highest BCUT2D eigenvalue weighted by Crippen LogP contribution is 2.24. The van der Waals surface area contributed by atoms with Crippen LogP contribution in [-0.2, 0) is 9.53 Å². The number of amides is 2. The molecule has 2 unspecified atom stereocenters. The molecular formula is C18H30N2O3. The summed E-state index contributed by atoms with van der Waals surface area (Å²) in [5, 5.41) is 0. The highest BCUT2D eigenvalue weighted by molar-refractivity contribution is 5.78. The first-order valence-corrected chi connectivity index (χ1v) is 8.66. The van der Waals surface area contributed by atoms with Crippen molar-refractivity contribution in [3.05, 3.63) is 12.7 Å². The maximum Gasteiger partial charge on any atom is 0.410 e. The molecule has 0 aliphatic carbocycles. The second kappa shape index (κ2) is 7.37. The van der Waals surface area contributed by atoms with Crippen molar-refractivity contribution in [3.63, 3.8) is 0 Å². The second-order valence-electron chi connectivity index (χ2n) is 7.76. The van der Waals surface area contributed by atoms with Crippen LogP contribution in [0.3, 0.4) is 0 Å². The van der Waals surface area contributed by atoms with Crippen molar-refractivity contribution in [1.82, 2.24) is 9.80 Å². The van der Waals surface area contributed by atoms with Gasteiger partial charge in [-0.2, -0.15) is 0 Å². The Balaban J connectivity index is 1.79. The van der Waals surface area contributed by atoms with Crippen molar-refractivity contribution >= 4 is 12.0 Å². The third kappa shape index (κ3) is 5.26. The molecule has 0 bridgehead atoms. The van der Waals surface area contributed by atoms with E-state index in [9.17, 15) is 9.59 Å². The fourth-order valence-corrected chi connectivity index (χ4v) is 3.31. The first kappa shape index (κ1) is 17.8.